The molecule has 1 heterocycles. The van der Waals surface area contributed by atoms with E-state index in [1.54, 1.807) is 25.1 Å². The first-order chi connectivity index (χ1) is 10.9. The molecule has 1 aliphatic heterocycles. The van der Waals surface area contributed by atoms with E-state index in [0.29, 0.717) is 23.1 Å². The number of rotatable bonds is 4. The third-order valence-electron chi connectivity index (χ3n) is 3.41. The fourth-order valence-corrected chi connectivity index (χ4v) is 3.55. The monoisotopic (exact) mass is 341 g/mol. The first-order valence-corrected chi connectivity index (χ1v) is 8.22. The number of hydrogen-bond donors (Lipinski definition) is 1. The van der Waals surface area contributed by atoms with Crippen LogP contribution in [0.4, 0.5) is 8.78 Å². The van der Waals surface area contributed by atoms with E-state index in [1.165, 1.54) is 0 Å². The molecule has 0 aliphatic carbocycles. The van der Waals surface area contributed by atoms with Crippen LogP contribution in [0.1, 0.15) is 18.5 Å². The second-order valence-corrected chi connectivity index (χ2v) is 6.71. The zero-order valence-corrected chi connectivity index (χ0v) is 12.9. The summed E-state index contributed by atoms with van der Waals surface area (Å²) in [6.07, 6.45) is 0. The van der Waals surface area contributed by atoms with Crippen LogP contribution in [0, 0.1) is 11.6 Å². The van der Waals surface area contributed by atoms with E-state index < -0.39 is 32.6 Å². The van der Waals surface area contributed by atoms with Crippen LogP contribution in [-0.2, 0) is 10.0 Å². The summed E-state index contributed by atoms with van der Waals surface area (Å²) in [7, 11) is -4.21. The van der Waals surface area contributed by atoms with Crippen molar-refractivity contribution >= 4 is 10.0 Å². The van der Waals surface area contributed by atoms with Gasteiger partial charge in [0.2, 0.25) is 16.8 Å². The van der Waals surface area contributed by atoms with Crippen molar-refractivity contribution in [2.45, 2.75) is 17.9 Å². The predicted octanol–water partition coefficient (Wildman–Crippen LogP) is 2.73. The maximum absolute atomic E-state index is 13.7. The van der Waals surface area contributed by atoms with Gasteiger partial charge >= 0.3 is 0 Å². The molecule has 1 aliphatic rings. The average molecular weight is 341 g/mol. The number of halogens is 2. The van der Waals surface area contributed by atoms with Crippen molar-refractivity contribution in [3.8, 4) is 11.5 Å². The Morgan fingerprint density at radius 3 is 2.61 bits per heavy atom. The standard InChI is InChI=1S/C15H13F2NO4S/c1-9(10-2-5-13-14(6-10)22-8-21-13)18-23(19,20)15-7-11(16)3-4-12(15)17/h2-7,9,18H,8H2,1H3/t9-/m0/s1. The highest BCUT2D eigenvalue weighted by Crippen LogP contribution is 2.34. The van der Waals surface area contributed by atoms with Gasteiger partial charge in [-0.25, -0.2) is 21.9 Å². The van der Waals surface area contributed by atoms with Gasteiger partial charge in [0.05, 0.1) is 0 Å². The van der Waals surface area contributed by atoms with Crippen LogP contribution in [0.3, 0.4) is 0 Å². The van der Waals surface area contributed by atoms with E-state index in [2.05, 4.69) is 4.72 Å². The summed E-state index contributed by atoms with van der Waals surface area (Å²) in [5.74, 6) is -0.773. The van der Waals surface area contributed by atoms with Crippen molar-refractivity contribution in [3.05, 3.63) is 53.6 Å². The largest absolute Gasteiger partial charge is 0.454 e. The third-order valence-corrected chi connectivity index (χ3v) is 4.97. The number of hydrogen-bond acceptors (Lipinski definition) is 4. The van der Waals surface area contributed by atoms with Gasteiger partial charge < -0.3 is 9.47 Å². The normalized spacial score (nSPS) is 14.7. The van der Waals surface area contributed by atoms with Crippen molar-refractivity contribution < 1.29 is 26.7 Å². The van der Waals surface area contributed by atoms with Crippen LogP contribution in [0.25, 0.3) is 0 Å². The van der Waals surface area contributed by atoms with Crippen LogP contribution in [0.2, 0.25) is 0 Å². The van der Waals surface area contributed by atoms with E-state index in [0.717, 1.165) is 12.1 Å². The number of benzene rings is 2. The molecule has 0 fully saturated rings. The molecule has 0 saturated heterocycles. The van der Waals surface area contributed by atoms with Crippen LogP contribution in [-0.4, -0.2) is 15.2 Å². The average Bonchev–Trinajstić information content (AvgIpc) is 2.96. The Hall–Kier alpha value is -2.19. The molecular formula is C15H13F2NO4S. The summed E-state index contributed by atoms with van der Waals surface area (Å²) in [6.45, 7) is 1.69. The minimum absolute atomic E-state index is 0.105. The fourth-order valence-electron chi connectivity index (χ4n) is 2.23. The molecule has 1 atom stereocenters. The maximum Gasteiger partial charge on any atom is 0.244 e. The van der Waals surface area contributed by atoms with Crippen LogP contribution in [0.15, 0.2) is 41.3 Å². The van der Waals surface area contributed by atoms with Crippen molar-refractivity contribution in [2.75, 3.05) is 6.79 Å². The Labute approximate surface area is 131 Å². The Morgan fingerprint density at radius 2 is 1.83 bits per heavy atom. The number of fused-ring (bicyclic) bond motifs is 1. The lowest BCUT2D eigenvalue weighted by molar-refractivity contribution is 0.174. The molecule has 0 saturated carbocycles. The summed E-state index contributed by atoms with van der Waals surface area (Å²) >= 11 is 0. The zero-order chi connectivity index (χ0) is 16.6. The molecule has 0 radical (unpaired) electrons. The van der Waals surface area contributed by atoms with Crippen LogP contribution in [0.5, 0.6) is 11.5 Å². The number of sulfonamides is 1. The Kier molecular flexibility index (Phi) is 3.95. The van der Waals surface area contributed by atoms with Gasteiger partial charge in [0.15, 0.2) is 11.5 Å². The highest BCUT2D eigenvalue weighted by atomic mass is 32.2. The summed E-state index contributed by atoms with van der Waals surface area (Å²) in [5.41, 5.74) is 0.606. The van der Waals surface area contributed by atoms with Gasteiger partial charge in [-0.15, -0.1) is 0 Å². The highest BCUT2D eigenvalue weighted by molar-refractivity contribution is 7.89. The van der Waals surface area contributed by atoms with Gasteiger partial charge in [-0.2, -0.15) is 0 Å². The molecule has 2 aromatic rings. The molecule has 23 heavy (non-hydrogen) atoms. The van der Waals surface area contributed by atoms with Gasteiger partial charge in [0.1, 0.15) is 16.5 Å². The Bertz CT molecular complexity index is 855. The van der Waals surface area contributed by atoms with Crippen molar-refractivity contribution in [2.24, 2.45) is 0 Å². The van der Waals surface area contributed by atoms with E-state index in [-0.39, 0.29) is 6.79 Å². The van der Waals surface area contributed by atoms with Gasteiger partial charge in [0, 0.05) is 6.04 Å². The van der Waals surface area contributed by atoms with Gasteiger partial charge in [0.25, 0.3) is 0 Å². The molecular weight excluding hydrogens is 328 g/mol. The first-order valence-electron chi connectivity index (χ1n) is 6.74. The van der Waals surface area contributed by atoms with Gasteiger partial charge in [-0.05, 0) is 42.8 Å². The molecule has 2 aromatic carbocycles. The van der Waals surface area contributed by atoms with E-state index in [9.17, 15) is 17.2 Å². The maximum atomic E-state index is 13.7. The third kappa shape index (κ3) is 3.13. The summed E-state index contributed by atoms with van der Waals surface area (Å²) in [6, 6.07) is 6.57. The molecule has 122 valence electrons. The van der Waals surface area contributed by atoms with E-state index in [1.807, 2.05) is 0 Å². The number of nitrogens with one attached hydrogen (secondary N) is 1. The molecule has 0 bridgehead atoms. The minimum atomic E-state index is -4.21. The van der Waals surface area contributed by atoms with Gasteiger partial charge in [-0.3, -0.25) is 0 Å². The molecule has 0 unspecified atom stereocenters. The SMILES string of the molecule is C[C@H](NS(=O)(=O)c1cc(F)ccc1F)c1ccc2c(c1)OCO2. The second-order valence-electron chi connectivity index (χ2n) is 5.03. The van der Waals surface area contributed by atoms with Gasteiger partial charge in [-0.1, -0.05) is 6.07 Å². The van der Waals surface area contributed by atoms with Crippen molar-refractivity contribution in [3.63, 3.8) is 0 Å². The lowest BCUT2D eigenvalue weighted by atomic mass is 10.1. The van der Waals surface area contributed by atoms with E-state index in [4.69, 9.17) is 9.47 Å². The summed E-state index contributed by atoms with van der Waals surface area (Å²) < 4.78 is 64.1. The minimum Gasteiger partial charge on any atom is -0.454 e. The summed E-state index contributed by atoms with van der Waals surface area (Å²) in [5, 5.41) is 0. The smallest absolute Gasteiger partial charge is 0.244 e. The molecule has 1 N–H and O–H groups in total. The van der Waals surface area contributed by atoms with Crippen molar-refractivity contribution in [1.82, 2.24) is 4.72 Å². The molecule has 0 aromatic heterocycles. The topological polar surface area (TPSA) is 64.6 Å². The molecule has 3 rings (SSSR count). The Balaban J connectivity index is 1.86. The van der Waals surface area contributed by atoms with Crippen molar-refractivity contribution in [1.29, 1.82) is 0 Å². The second kappa shape index (κ2) is 5.78. The highest BCUT2D eigenvalue weighted by Gasteiger charge is 2.24. The van der Waals surface area contributed by atoms with E-state index >= 15 is 0 Å². The lowest BCUT2D eigenvalue weighted by Crippen LogP contribution is -2.27. The number of ether oxygens (including phenoxy) is 2. The quantitative estimate of drug-likeness (QED) is 0.929. The zero-order valence-electron chi connectivity index (χ0n) is 12.0. The summed E-state index contributed by atoms with van der Waals surface area (Å²) in [4.78, 5) is -0.731. The fraction of sp³-hybridized carbons (Fsp3) is 0.200. The first kappa shape index (κ1) is 15.7. The van der Waals surface area contributed by atoms with Crippen LogP contribution >= 0.6 is 0 Å². The predicted molar refractivity (Wildman–Crippen MR) is 77.7 cm³/mol. The molecule has 0 amide bonds. The molecule has 8 heteroatoms. The van der Waals surface area contributed by atoms with Crippen LogP contribution < -0.4 is 14.2 Å². The molecule has 5 nitrogen and oxygen atoms in total. The lowest BCUT2D eigenvalue weighted by Gasteiger charge is -2.15. The molecule has 0 spiro atoms. The Morgan fingerprint density at radius 1 is 1.09 bits per heavy atom.